The van der Waals surface area contributed by atoms with Gasteiger partial charge in [0.25, 0.3) is 0 Å². The minimum atomic E-state index is 1.14. The second kappa shape index (κ2) is 7.75. The Morgan fingerprint density at radius 3 is 1.95 bits per heavy atom. The van der Waals surface area contributed by atoms with Gasteiger partial charge in [0.05, 0.1) is 0 Å². The lowest BCUT2D eigenvalue weighted by atomic mass is 10.1. The highest BCUT2D eigenvalue weighted by Crippen LogP contribution is 2.11. The zero-order chi connectivity index (χ0) is 14.0. The maximum atomic E-state index is 3.72. The van der Waals surface area contributed by atoms with E-state index in [1.54, 1.807) is 6.08 Å². The van der Waals surface area contributed by atoms with Gasteiger partial charge in [-0.25, -0.2) is 0 Å². The summed E-state index contributed by atoms with van der Waals surface area (Å²) in [4.78, 5) is 0. The molecule has 0 N–H and O–H groups in total. The number of allylic oxidation sites excluding steroid dienone is 5. The molecule has 98 valence electrons. The topological polar surface area (TPSA) is 0 Å². The first-order valence-corrected chi connectivity index (χ1v) is 6.67. The van der Waals surface area contributed by atoms with Gasteiger partial charge in [-0.15, -0.1) is 0 Å². The summed E-state index contributed by atoms with van der Waals surface area (Å²) in [5.41, 5.74) is 3.52. The Morgan fingerprint density at radius 1 is 0.750 bits per heavy atom. The van der Waals surface area contributed by atoms with Crippen LogP contribution in [0.4, 0.5) is 0 Å². The van der Waals surface area contributed by atoms with Crippen molar-refractivity contribution in [1.82, 2.24) is 0 Å². The predicted octanol–water partition coefficient (Wildman–Crippen LogP) is 5.53. The third kappa shape index (κ3) is 4.58. The summed E-state index contributed by atoms with van der Waals surface area (Å²) in [6.07, 6.45) is 12.2. The van der Waals surface area contributed by atoms with E-state index in [0.29, 0.717) is 0 Å². The number of hydrogen-bond acceptors (Lipinski definition) is 0. The fraction of sp³-hybridized carbons (Fsp3) is 0. The van der Waals surface area contributed by atoms with E-state index in [9.17, 15) is 0 Å². The lowest BCUT2D eigenvalue weighted by Crippen LogP contribution is -1.76. The molecule has 2 aromatic rings. The molecule has 2 rings (SSSR count). The summed E-state index contributed by atoms with van der Waals surface area (Å²) >= 11 is 0. The average molecular weight is 258 g/mol. The molecule has 0 aromatic heterocycles. The van der Waals surface area contributed by atoms with Gasteiger partial charge in [-0.1, -0.05) is 97.6 Å². The molecule has 0 spiro atoms. The summed E-state index contributed by atoms with van der Waals surface area (Å²) in [7, 11) is 0. The summed E-state index contributed by atoms with van der Waals surface area (Å²) in [5, 5.41) is 0. The number of hydrogen-bond donors (Lipinski definition) is 0. The first-order valence-electron chi connectivity index (χ1n) is 6.67. The van der Waals surface area contributed by atoms with E-state index in [1.165, 1.54) is 11.1 Å². The zero-order valence-electron chi connectivity index (χ0n) is 11.4. The van der Waals surface area contributed by atoms with Crippen LogP contribution in [0.2, 0.25) is 0 Å². The zero-order valence-corrected chi connectivity index (χ0v) is 11.4. The van der Waals surface area contributed by atoms with Crippen molar-refractivity contribution in [3.05, 3.63) is 108 Å². The lowest BCUT2D eigenvalue weighted by Gasteiger charge is -1.97. The largest absolute Gasteiger partial charge is 0.0991 e. The molecule has 0 nitrogen and oxygen atoms in total. The summed E-state index contributed by atoms with van der Waals surface area (Å²) < 4.78 is 0. The number of benzene rings is 2. The summed E-state index contributed by atoms with van der Waals surface area (Å²) in [5.74, 6) is 0. The van der Waals surface area contributed by atoms with Crippen LogP contribution in [0.25, 0.3) is 12.2 Å². The van der Waals surface area contributed by atoms with Crippen LogP contribution in [-0.2, 0) is 0 Å². The smallest absolute Gasteiger partial charge is 0.0251 e. The molecule has 20 heavy (non-hydrogen) atoms. The van der Waals surface area contributed by atoms with Crippen LogP contribution in [0, 0.1) is 0 Å². The lowest BCUT2D eigenvalue weighted by molar-refractivity contribution is 1.62. The molecule has 0 fully saturated rings. The van der Waals surface area contributed by atoms with Gasteiger partial charge >= 0.3 is 0 Å². The third-order valence-electron chi connectivity index (χ3n) is 2.83. The summed E-state index contributed by atoms with van der Waals surface area (Å²) in [6.45, 7) is 3.72. The van der Waals surface area contributed by atoms with E-state index in [4.69, 9.17) is 0 Å². The summed E-state index contributed by atoms with van der Waals surface area (Å²) in [6, 6.07) is 20.6. The Labute approximate surface area is 121 Å². The fourth-order valence-corrected chi connectivity index (χ4v) is 1.83. The van der Waals surface area contributed by atoms with E-state index in [-0.39, 0.29) is 0 Å². The van der Waals surface area contributed by atoms with E-state index < -0.39 is 0 Å². The predicted molar refractivity (Wildman–Crippen MR) is 89.2 cm³/mol. The molecule has 0 aliphatic rings. The third-order valence-corrected chi connectivity index (χ3v) is 2.83. The van der Waals surface area contributed by atoms with Crippen LogP contribution < -0.4 is 0 Å². The number of rotatable bonds is 5. The molecule has 0 atom stereocenters. The van der Waals surface area contributed by atoms with Crippen LogP contribution in [-0.4, -0.2) is 0 Å². The van der Waals surface area contributed by atoms with Crippen LogP contribution in [0.3, 0.4) is 0 Å². The van der Waals surface area contributed by atoms with Gasteiger partial charge in [-0.05, 0) is 22.8 Å². The van der Waals surface area contributed by atoms with Crippen molar-refractivity contribution in [3.63, 3.8) is 0 Å². The fourth-order valence-electron chi connectivity index (χ4n) is 1.83. The quantitative estimate of drug-likeness (QED) is 0.619. The van der Waals surface area contributed by atoms with Crippen LogP contribution in [0.1, 0.15) is 11.1 Å². The first-order chi connectivity index (χ1) is 9.88. The SMILES string of the molecule is C=CC=C/C(C=Cc1ccccc1)=C\c1ccccc1. The molecule has 0 radical (unpaired) electrons. The van der Waals surface area contributed by atoms with Gasteiger partial charge in [0.15, 0.2) is 0 Å². The van der Waals surface area contributed by atoms with Crippen molar-refractivity contribution in [2.75, 3.05) is 0 Å². The van der Waals surface area contributed by atoms with Gasteiger partial charge in [0.1, 0.15) is 0 Å². The van der Waals surface area contributed by atoms with Crippen molar-refractivity contribution in [3.8, 4) is 0 Å². The minimum Gasteiger partial charge on any atom is -0.0991 e. The second-order valence-electron chi connectivity index (χ2n) is 4.39. The Bertz CT molecular complexity index is 614. The van der Waals surface area contributed by atoms with Gasteiger partial charge < -0.3 is 0 Å². The van der Waals surface area contributed by atoms with Crippen LogP contribution in [0.15, 0.2) is 97.1 Å². The van der Waals surface area contributed by atoms with E-state index in [2.05, 4.69) is 55.1 Å². The molecule has 0 saturated carbocycles. The van der Waals surface area contributed by atoms with Crippen molar-refractivity contribution < 1.29 is 0 Å². The normalized spacial score (nSPS) is 12.1. The van der Waals surface area contributed by atoms with Gasteiger partial charge in [-0.3, -0.25) is 0 Å². The Hall–Kier alpha value is -2.60. The van der Waals surface area contributed by atoms with Crippen molar-refractivity contribution >= 4 is 12.2 Å². The Kier molecular flexibility index (Phi) is 5.36. The molecule has 0 unspecified atom stereocenters. The highest BCUT2D eigenvalue weighted by Gasteiger charge is 1.90. The second-order valence-corrected chi connectivity index (χ2v) is 4.39. The van der Waals surface area contributed by atoms with Crippen molar-refractivity contribution in [2.24, 2.45) is 0 Å². The first kappa shape index (κ1) is 13.8. The highest BCUT2D eigenvalue weighted by atomic mass is 14.0. The van der Waals surface area contributed by atoms with Crippen molar-refractivity contribution in [2.45, 2.75) is 0 Å². The Morgan fingerprint density at radius 2 is 1.35 bits per heavy atom. The standard InChI is InChI=1S/C20H18/c1-2-3-10-20(17-19-13-8-5-9-14-19)16-15-18-11-6-4-7-12-18/h2-17H,1H2/b10-3?,16-15?,20-17+. The van der Waals surface area contributed by atoms with Crippen LogP contribution >= 0.6 is 0 Å². The molecule has 0 heteroatoms. The maximum Gasteiger partial charge on any atom is -0.0251 e. The van der Waals surface area contributed by atoms with Gasteiger partial charge in [0, 0.05) is 0 Å². The molecule has 0 bridgehead atoms. The van der Waals surface area contributed by atoms with E-state index in [1.807, 2.05) is 42.5 Å². The van der Waals surface area contributed by atoms with E-state index >= 15 is 0 Å². The maximum absolute atomic E-state index is 3.72. The molecule has 0 amide bonds. The molecule has 0 aliphatic carbocycles. The molecule has 0 heterocycles. The molecular formula is C20H18. The monoisotopic (exact) mass is 258 g/mol. The highest BCUT2D eigenvalue weighted by molar-refractivity contribution is 5.64. The van der Waals surface area contributed by atoms with Gasteiger partial charge in [0.2, 0.25) is 0 Å². The van der Waals surface area contributed by atoms with Crippen molar-refractivity contribution in [1.29, 1.82) is 0 Å². The van der Waals surface area contributed by atoms with Crippen LogP contribution in [0.5, 0.6) is 0 Å². The van der Waals surface area contributed by atoms with Gasteiger partial charge in [-0.2, -0.15) is 0 Å². The molecule has 0 saturated heterocycles. The molecular weight excluding hydrogens is 240 g/mol. The van der Waals surface area contributed by atoms with E-state index in [0.717, 1.165) is 5.57 Å². The average Bonchev–Trinajstić information content (AvgIpc) is 2.52. The molecule has 2 aromatic carbocycles. The minimum absolute atomic E-state index is 1.14. The molecule has 0 aliphatic heterocycles. The Balaban J connectivity index is 2.24.